The van der Waals surface area contributed by atoms with Crippen LogP contribution >= 0.6 is 0 Å². The van der Waals surface area contributed by atoms with Crippen LogP contribution in [0.5, 0.6) is 11.5 Å². The number of phenolic OH excluding ortho intramolecular Hbond substituents is 2. The lowest BCUT2D eigenvalue weighted by Gasteiger charge is -2.04. The summed E-state index contributed by atoms with van der Waals surface area (Å²) in [4.78, 5) is 0. The molecule has 0 atom stereocenters. The molecule has 0 aliphatic rings. The van der Waals surface area contributed by atoms with Gasteiger partial charge in [0.1, 0.15) is 11.5 Å². The first-order valence-electron chi connectivity index (χ1n) is 14.7. The van der Waals surface area contributed by atoms with Crippen molar-refractivity contribution in [1.82, 2.24) is 0 Å². The van der Waals surface area contributed by atoms with Crippen molar-refractivity contribution in [2.45, 2.75) is 136 Å². The van der Waals surface area contributed by atoms with Crippen LogP contribution in [0, 0.1) is 0 Å². The number of aromatic hydroxyl groups is 2. The summed E-state index contributed by atoms with van der Waals surface area (Å²) in [6.07, 6.45) is 25.3. The lowest BCUT2D eigenvalue weighted by molar-refractivity contribution is 0.466. The number of para-hydroxylation sites is 1. The van der Waals surface area contributed by atoms with E-state index in [1.165, 1.54) is 115 Å². The Bertz CT molecular complexity index is 707. The maximum atomic E-state index is 9.65. The van der Waals surface area contributed by atoms with Gasteiger partial charge in [-0.3, -0.25) is 0 Å². The molecule has 0 amide bonds. The minimum Gasteiger partial charge on any atom is -0.508 e. The van der Waals surface area contributed by atoms with E-state index in [-0.39, 0.29) is 0 Å². The van der Waals surface area contributed by atoms with Gasteiger partial charge in [-0.15, -0.1) is 0 Å². The van der Waals surface area contributed by atoms with Crippen molar-refractivity contribution in [2.24, 2.45) is 0 Å². The van der Waals surface area contributed by atoms with Crippen molar-refractivity contribution < 1.29 is 10.2 Å². The van der Waals surface area contributed by atoms with Crippen molar-refractivity contribution >= 4 is 0 Å². The standard InChI is InChI=1S/C18H30O.C15H24O/c1-2-3-4-5-6-7-8-9-10-11-14-17-15-12-13-16-18(17)19;1-2-3-4-5-6-7-8-9-14-10-12-15(16)13-11-14/h12-13,15-16,19H,2-11,14H2,1H3;10-13,16H,2-9H2,1H3. The Morgan fingerprint density at radius 3 is 1.37 bits per heavy atom. The largest absolute Gasteiger partial charge is 0.508 e. The monoisotopic (exact) mass is 482 g/mol. The zero-order valence-corrected chi connectivity index (χ0v) is 22.9. The van der Waals surface area contributed by atoms with E-state index in [0.29, 0.717) is 11.5 Å². The molecule has 0 aliphatic heterocycles. The number of phenols is 2. The maximum Gasteiger partial charge on any atom is 0.118 e. The van der Waals surface area contributed by atoms with E-state index in [0.717, 1.165) is 18.4 Å². The Morgan fingerprint density at radius 2 is 0.886 bits per heavy atom. The Hall–Kier alpha value is -1.96. The molecule has 0 heterocycles. The predicted molar refractivity (Wildman–Crippen MR) is 153 cm³/mol. The molecule has 35 heavy (non-hydrogen) atoms. The van der Waals surface area contributed by atoms with Gasteiger partial charge in [0.25, 0.3) is 0 Å². The van der Waals surface area contributed by atoms with Gasteiger partial charge in [0.2, 0.25) is 0 Å². The third-order valence-corrected chi connectivity index (χ3v) is 6.80. The average Bonchev–Trinajstić information content (AvgIpc) is 2.87. The molecule has 2 heteroatoms. The van der Waals surface area contributed by atoms with Crippen LogP contribution < -0.4 is 0 Å². The topological polar surface area (TPSA) is 40.5 Å². The van der Waals surface area contributed by atoms with Crippen LogP contribution in [-0.2, 0) is 12.8 Å². The second-order valence-electron chi connectivity index (χ2n) is 10.1. The number of rotatable bonds is 19. The van der Waals surface area contributed by atoms with Crippen molar-refractivity contribution in [3.63, 3.8) is 0 Å². The molecule has 2 aromatic rings. The molecule has 198 valence electrons. The molecule has 0 fully saturated rings. The lowest BCUT2D eigenvalue weighted by atomic mass is 10.0. The van der Waals surface area contributed by atoms with Gasteiger partial charge >= 0.3 is 0 Å². The second-order valence-corrected chi connectivity index (χ2v) is 10.1. The molecule has 2 N–H and O–H groups in total. The van der Waals surface area contributed by atoms with E-state index in [2.05, 4.69) is 13.8 Å². The van der Waals surface area contributed by atoms with Crippen molar-refractivity contribution in [1.29, 1.82) is 0 Å². The van der Waals surface area contributed by atoms with Crippen molar-refractivity contribution in [3.8, 4) is 11.5 Å². The van der Waals surface area contributed by atoms with Gasteiger partial charge in [-0.25, -0.2) is 0 Å². The number of hydrogen-bond donors (Lipinski definition) is 2. The minimum atomic E-state index is 0.364. The van der Waals surface area contributed by atoms with E-state index in [1.54, 1.807) is 18.2 Å². The molecule has 2 rings (SSSR count). The molecule has 0 spiro atoms. The number of benzene rings is 2. The Balaban J connectivity index is 0.000000355. The molecule has 0 saturated carbocycles. The van der Waals surface area contributed by atoms with Crippen LogP contribution in [0.25, 0.3) is 0 Å². The highest BCUT2D eigenvalue weighted by atomic mass is 16.3. The summed E-state index contributed by atoms with van der Waals surface area (Å²) >= 11 is 0. The highest BCUT2D eigenvalue weighted by molar-refractivity contribution is 5.31. The molecule has 2 aromatic carbocycles. The molecular formula is C33H54O2. The smallest absolute Gasteiger partial charge is 0.118 e. The predicted octanol–water partition coefficient (Wildman–Crippen LogP) is 10.5. The quantitative estimate of drug-likeness (QED) is 0.195. The van der Waals surface area contributed by atoms with Crippen LogP contribution in [0.3, 0.4) is 0 Å². The van der Waals surface area contributed by atoms with Crippen LogP contribution in [-0.4, -0.2) is 10.2 Å². The van der Waals surface area contributed by atoms with Crippen molar-refractivity contribution in [2.75, 3.05) is 0 Å². The zero-order chi connectivity index (χ0) is 25.4. The van der Waals surface area contributed by atoms with Gasteiger partial charge in [0, 0.05) is 0 Å². The third kappa shape index (κ3) is 18.0. The fraction of sp³-hybridized carbons (Fsp3) is 0.636. The molecule has 0 aliphatic carbocycles. The summed E-state index contributed by atoms with van der Waals surface area (Å²) in [6, 6.07) is 15.3. The van der Waals surface area contributed by atoms with E-state index in [1.807, 2.05) is 30.3 Å². The van der Waals surface area contributed by atoms with Crippen LogP contribution in [0.2, 0.25) is 0 Å². The van der Waals surface area contributed by atoms with E-state index in [4.69, 9.17) is 5.11 Å². The average molecular weight is 483 g/mol. The molecular weight excluding hydrogens is 428 g/mol. The molecule has 0 aromatic heterocycles. The summed E-state index contributed by atoms with van der Waals surface area (Å²) in [6.45, 7) is 4.52. The summed E-state index contributed by atoms with van der Waals surface area (Å²) in [5.41, 5.74) is 2.44. The fourth-order valence-corrected chi connectivity index (χ4v) is 4.47. The molecule has 0 radical (unpaired) electrons. The SMILES string of the molecule is CCCCCCCCCCCCc1ccccc1O.CCCCCCCCCc1ccc(O)cc1. The fourth-order valence-electron chi connectivity index (χ4n) is 4.47. The first kappa shape index (κ1) is 31.1. The normalized spacial score (nSPS) is 10.7. The van der Waals surface area contributed by atoms with Crippen LogP contribution in [0.4, 0.5) is 0 Å². The van der Waals surface area contributed by atoms with Crippen molar-refractivity contribution in [3.05, 3.63) is 59.7 Å². The number of unbranched alkanes of at least 4 members (excludes halogenated alkanes) is 15. The van der Waals surface area contributed by atoms with E-state index >= 15 is 0 Å². The Kier molecular flexibility index (Phi) is 20.0. The van der Waals surface area contributed by atoms with Gasteiger partial charge in [-0.2, -0.15) is 0 Å². The summed E-state index contributed by atoms with van der Waals surface area (Å²) in [7, 11) is 0. The van der Waals surface area contributed by atoms with E-state index in [9.17, 15) is 5.11 Å². The number of aryl methyl sites for hydroxylation is 2. The Labute approximate surface area is 217 Å². The first-order chi connectivity index (χ1) is 17.2. The second kappa shape index (κ2) is 22.5. The maximum absolute atomic E-state index is 9.65. The van der Waals surface area contributed by atoms with Gasteiger partial charge < -0.3 is 10.2 Å². The van der Waals surface area contributed by atoms with Crippen LogP contribution in [0.1, 0.15) is 134 Å². The summed E-state index contributed by atoms with van der Waals surface area (Å²) < 4.78 is 0. The molecule has 0 saturated heterocycles. The van der Waals surface area contributed by atoms with Crippen LogP contribution in [0.15, 0.2) is 48.5 Å². The molecule has 0 unspecified atom stereocenters. The molecule has 2 nitrogen and oxygen atoms in total. The summed E-state index contributed by atoms with van der Waals surface area (Å²) in [5, 5.41) is 18.8. The van der Waals surface area contributed by atoms with Gasteiger partial charge in [-0.05, 0) is 55.0 Å². The van der Waals surface area contributed by atoms with E-state index < -0.39 is 0 Å². The lowest BCUT2D eigenvalue weighted by Crippen LogP contribution is -1.87. The number of hydrogen-bond acceptors (Lipinski definition) is 2. The van der Waals surface area contributed by atoms with Gasteiger partial charge in [0.15, 0.2) is 0 Å². The zero-order valence-electron chi connectivity index (χ0n) is 22.9. The highest BCUT2D eigenvalue weighted by Gasteiger charge is 1.99. The van der Waals surface area contributed by atoms with Gasteiger partial charge in [0.05, 0.1) is 0 Å². The highest BCUT2D eigenvalue weighted by Crippen LogP contribution is 2.19. The summed E-state index contributed by atoms with van der Waals surface area (Å²) in [5.74, 6) is 0.821. The Morgan fingerprint density at radius 1 is 0.457 bits per heavy atom. The first-order valence-corrected chi connectivity index (χ1v) is 14.7. The minimum absolute atomic E-state index is 0.364. The molecule has 0 bridgehead atoms. The van der Waals surface area contributed by atoms with Gasteiger partial charge in [-0.1, -0.05) is 140 Å². The third-order valence-electron chi connectivity index (χ3n) is 6.80.